The lowest BCUT2D eigenvalue weighted by Gasteiger charge is -2.11. The molecule has 0 saturated carbocycles. The maximum Gasteiger partial charge on any atom is 0.258 e. The maximum atomic E-state index is 11.9. The average molecular weight is 217 g/mol. The highest BCUT2D eigenvalue weighted by atomic mass is 16.2. The van der Waals surface area contributed by atoms with Crippen LogP contribution in [0.25, 0.3) is 0 Å². The Morgan fingerprint density at radius 1 is 1.25 bits per heavy atom. The molecule has 84 valence electrons. The van der Waals surface area contributed by atoms with Gasteiger partial charge in [0.15, 0.2) is 12.0 Å². The molecule has 1 amide bonds. The number of hydrogen-bond acceptors (Lipinski definition) is 3. The highest BCUT2D eigenvalue weighted by Crippen LogP contribution is 2.26. The van der Waals surface area contributed by atoms with Crippen molar-refractivity contribution in [2.24, 2.45) is 10.7 Å². The summed E-state index contributed by atoms with van der Waals surface area (Å²) in [5.41, 5.74) is 8.80. The highest BCUT2D eigenvalue weighted by Gasteiger charge is 2.31. The van der Waals surface area contributed by atoms with Gasteiger partial charge in [0.2, 0.25) is 0 Å². The molecule has 0 fully saturated rings. The average Bonchev–Trinajstić information content (AvgIpc) is 2.44. The van der Waals surface area contributed by atoms with Gasteiger partial charge < -0.3 is 5.73 Å². The van der Waals surface area contributed by atoms with Crippen LogP contribution in [0.2, 0.25) is 0 Å². The predicted octanol–water partition coefficient (Wildman–Crippen LogP) is 1.13. The first-order valence-electron chi connectivity index (χ1n) is 5.18. The number of rotatable bonds is 1. The number of aliphatic imine (C=N–C) groups is 1. The van der Waals surface area contributed by atoms with Gasteiger partial charge in [-0.05, 0) is 19.4 Å². The summed E-state index contributed by atoms with van der Waals surface area (Å²) in [6, 6.07) is 5.56. The lowest BCUT2D eigenvalue weighted by molar-refractivity contribution is -0.126. The summed E-state index contributed by atoms with van der Waals surface area (Å²) >= 11 is 0. The largest absolute Gasteiger partial charge is 0.369 e. The number of carbonyl (C=O) groups excluding carboxylic acids is 1. The molecule has 2 rings (SSSR count). The van der Waals surface area contributed by atoms with E-state index in [2.05, 4.69) is 11.1 Å². The van der Waals surface area contributed by atoms with Gasteiger partial charge in [-0.25, -0.2) is 4.99 Å². The van der Waals surface area contributed by atoms with Crippen molar-refractivity contribution in [1.29, 1.82) is 0 Å². The second kappa shape index (κ2) is 3.63. The summed E-state index contributed by atoms with van der Waals surface area (Å²) in [5.74, 6) is 0.219. The van der Waals surface area contributed by atoms with E-state index < -0.39 is 6.04 Å². The van der Waals surface area contributed by atoms with Crippen LogP contribution >= 0.6 is 0 Å². The molecule has 1 aromatic rings. The van der Waals surface area contributed by atoms with Crippen LogP contribution in [0, 0.1) is 13.8 Å². The molecule has 0 radical (unpaired) electrons. The molecule has 2 N–H and O–H groups in total. The second-order valence-corrected chi connectivity index (χ2v) is 4.21. The van der Waals surface area contributed by atoms with E-state index in [1.165, 1.54) is 4.90 Å². The fraction of sp³-hybridized carbons (Fsp3) is 0.333. The monoisotopic (exact) mass is 217 g/mol. The van der Waals surface area contributed by atoms with Crippen molar-refractivity contribution >= 4 is 11.9 Å². The van der Waals surface area contributed by atoms with E-state index in [-0.39, 0.29) is 11.9 Å². The van der Waals surface area contributed by atoms with Gasteiger partial charge in [-0.3, -0.25) is 9.69 Å². The number of hydrogen-bond donors (Lipinski definition) is 1. The fourth-order valence-corrected chi connectivity index (χ4v) is 1.96. The number of aryl methyl sites for hydroxylation is 2. The first kappa shape index (κ1) is 10.7. The Morgan fingerprint density at radius 3 is 2.25 bits per heavy atom. The zero-order valence-corrected chi connectivity index (χ0v) is 9.69. The molecule has 1 aromatic carbocycles. The van der Waals surface area contributed by atoms with E-state index in [0.717, 1.165) is 16.7 Å². The fourth-order valence-electron chi connectivity index (χ4n) is 1.96. The van der Waals surface area contributed by atoms with Gasteiger partial charge in [-0.15, -0.1) is 0 Å². The van der Waals surface area contributed by atoms with Crippen LogP contribution in [0.15, 0.2) is 23.2 Å². The molecule has 1 heterocycles. The first-order valence-corrected chi connectivity index (χ1v) is 5.18. The molecule has 0 aromatic heterocycles. The van der Waals surface area contributed by atoms with Crippen molar-refractivity contribution < 1.29 is 4.79 Å². The number of amides is 1. The van der Waals surface area contributed by atoms with E-state index in [4.69, 9.17) is 5.73 Å². The molecule has 16 heavy (non-hydrogen) atoms. The van der Waals surface area contributed by atoms with E-state index >= 15 is 0 Å². The summed E-state index contributed by atoms with van der Waals surface area (Å²) in [4.78, 5) is 17.4. The number of nitrogens with two attached hydrogens (primary N) is 1. The van der Waals surface area contributed by atoms with Gasteiger partial charge in [0, 0.05) is 7.05 Å². The Hall–Kier alpha value is -1.84. The quantitative estimate of drug-likeness (QED) is 0.766. The number of benzene rings is 1. The molecular weight excluding hydrogens is 202 g/mol. The van der Waals surface area contributed by atoms with Crippen molar-refractivity contribution in [3.05, 3.63) is 34.9 Å². The predicted molar refractivity (Wildman–Crippen MR) is 63.0 cm³/mol. The topological polar surface area (TPSA) is 58.7 Å². The Morgan fingerprint density at radius 2 is 1.81 bits per heavy atom. The summed E-state index contributed by atoms with van der Waals surface area (Å²) in [6.07, 6.45) is 0. The molecule has 0 bridgehead atoms. The standard InChI is InChI=1S/C12H15N3O/c1-7-4-8(2)6-9(5-7)10-11(16)15(3)12(13)14-10/h4-6,10H,1-3H3,(H2,13,14). The van der Waals surface area contributed by atoms with Gasteiger partial charge >= 0.3 is 0 Å². The minimum absolute atomic E-state index is 0.0671. The number of guanidine groups is 1. The molecule has 0 spiro atoms. The van der Waals surface area contributed by atoms with Crippen LogP contribution in [-0.2, 0) is 4.79 Å². The number of nitrogens with zero attached hydrogens (tertiary/aromatic N) is 2. The lowest BCUT2D eigenvalue weighted by atomic mass is 10.0. The van der Waals surface area contributed by atoms with E-state index in [0.29, 0.717) is 0 Å². The van der Waals surface area contributed by atoms with E-state index in [1.54, 1.807) is 7.05 Å². The highest BCUT2D eigenvalue weighted by molar-refractivity contribution is 6.04. The summed E-state index contributed by atoms with van der Waals surface area (Å²) in [5, 5.41) is 0. The van der Waals surface area contributed by atoms with E-state index in [1.807, 2.05) is 26.0 Å². The number of likely N-dealkylation sites (N-methyl/N-ethyl adjacent to an activating group) is 1. The number of carbonyl (C=O) groups is 1. The molecule has 1 aliphatic rings. The van der Waals surface area contributed by atoms with Crippen LogP contribution in [0.1, 0.15) is 22.7 Å². The first-order chi connectivity index (χ1) is 7.49. The van der Waals surface area contributed by atoms with Crippen LogP contribution < -0.4 is 5.73 Å². The van der Waals surface area contributed by atoms with Gasteiger partial charge in [-0.2, -0.15) is 0 Å². The van der Waals surface area contributed by atoms with Crippen molar-refractivity contribution in [3.8, 4) is 0 Å². The minimum atomic E-state index is -0.469. The normalized spacial score (nSPS) is 20.2. The summed E-state index contributed by atoms with van der Waals surface area (Å²) < 4.78 is 0. The summed E-state index contributed by atoms with van der Waals surface area (Å²) in [7, 11) is 1.64. The van der Waals surface area contributed by atoms with Gasteiger partial charge in [0.05, 0.1) is 0 Å². The molecular formula is C12H15N3O. The zero-order valence-electron chi connectivity index (χ0n) is 9.69. The van der Waals surface area contributed by atoms with Crippen molar-refractivity contribution in [1.82, 2.24) is 4.90 Å². The third kappa shape index (κ3) is 1.66. The Labute approximate surface area is 94.8 Å². The summed E-state index contributed by atoms with van der Waals surface area (Å²) in [6.45, 7) is 4.01. The Bertz CT molecular complexity index is 459. The van der Waals surface area contributed by atoms with Crippen LogP contribution in [0.4, 0.5) is 0 Å². The third-order valence-corrected chi connectivity index (χ3v) is 2.73. The van der Waals surface area contributed by atoms with Crippen molar-refractivity contribution in [2.75, 3.05) is 7.05 Å². The SMILES string of the molecule is Cc1cc(C)cc(C2N=C(N)N(C)C2=O)c1. The Kier molecular flexibility index (Phi) is 2.42. The van der Waals surface area contributed by atoms with Gasteiger partial charge in [-0.1, -0.05) is 29.3 Å². The molecule has 1 aliphatic heterocycles. The van der Waals surface area contributed by atoms with Crippen molar-refractivity contribution in [3.63, 3.8) is 0 Å². The van der Waals surface area contributed by atoms with Crippen LogP contribution in [-0.4, -0.2) is 23.8 Å². The van der Waals surface area contributed by atoms with Crippen molar-refractivity contribution in [2.45, 2.75) is 19.9 Å². The molecule has 0 aliphatic carbocycles. The second-order valence-electron chi connectivity index (χ2n) is 4.21. The molecule has 0 saturated heterocycles. The Balaban J connectivity index is 2.42. The lowest BCUT2D eigenvalue weighted by Crippen LogP contribution is -2.34. The maximum absolute atomic E-state index is 11.9. The van der Waals surface area contributed by atoms with E-state index in [9.17, 15) is 4.79 Å². The van der Waals surface area contributed by atoms with Crippen LogP contribution in [0.5, 0.6) is 0 Å². The minimum Gasteiger partial charge on any atom is -0.369 e. The molecule has 1 unspecified atom stereocenters. The molecule has 4 nitrogen and oxygen atoms in total. The zero-order chi connectivity index (χ0) is 11.9. The van der Waals surface area contributed by atoms with Gasteiger partial charge in [0.1, 0.15) is 0 Å². The molecule has 4 heteroatoms. The van der Waals surface area contributed by atoms with Crippen LogP contribution in [0.3, 0.4) is 0 Å². The molecule has 1 atom stereocenters. The smallest absolute Gasteiger partial charge is 0.258 e. The van der Waals surface area contributed by atoms with Gasteiger partial charge in [0.25, 0.3) is 5.91 Å². The third-order valence-electron chi connectivity index (χ3n) is 2.73.